The van der Waals surface area contributed by atoms with Crippen molar-refractivity contribution in [1.82, 2.24) is 19.7 Å². The van der Waals surface area contributed by atoms with E-state index in [0.29, 0.717) is 54.0 Å². The molecule has 0 bridgehead atoms. The molecule has 0 spiro atoms. The van der Waals surface area contributed by atoms with Gasteiger partial charge in [0, 0.05) is 30.3 Å². The SMILES string of the molecule is CCS(=O)(=O)Nc1cc(C(C)(C)C)cc(NC(=O)Nc2ccc(OCCN3CCn4c(nnc4-c4cc(Cl)ccc4O)C3)c3c2CCC3)c1OC. The van der Waals surface area contributed by atoms with Gasteiger partial charge in [-0.3, -0.25) is 9.62 Å². The first-order valence-corrected chi connectivity index (χ1v) is 19.0. The molecule has 4 aromatic rings. The summed E-state index contributed by atoms with van der Waals surface area (Å²) in [5.74, 6) is 2.44. The summed E-state index contributed by atoms with van der Waals surface area (Å²) in [7, 11) is -2.16. The van der Waals surface area contributed by atoms with Crippen LogP contribution in [0.3, 0.4) is 0 Å². The van der Waals surface area contributed by atoms with Crippen LogP contribution in [0, 0.1) is 0 Å². The van der Waals surface area contributed by atoms with Crippen molar-refractivity contribution in [1.29, 1.82) is 0 Å². The molecule has 51 heavy (non-hydrogen) atoms. The second kappa shape index (κ2) is 14.6. The van der Waals surface area contributed by atoms with Gasteiger partial charge in [-0.2, -0.15) is 0 Å². The van der Waals surface area contributed by atoms with Gasteiger partial charge >= 0.3 is 6.03 Å². The quantitative estimate of drug-likeness (QED) is 0.137. The average Bonchev–Trinajstić information content (AvgIpc) is 3.74. The number of nitrogens with one attached hydrogen (secondary N) is 3. The number of anilines is 3. The van der Waals surface area contributed by atoms with Crippen molar-refractivity contribution in [2.75, 3.05) is 47.9 Å². The molecule has 1 aromatic heterocycles. The topological polar surface area (TPSA) is 160 Å². The minimum atomic E-state index is -3.60. The molecule has 2 aliphatic rings. The number of benzene rings is 3. The third kappa shape index (κ3) is 8.03. The van der Waals surface area contributed by atoms with E-state index in [4.69, 9.17) is 21.1 Å². The fourth-order valence-corrected chi connectivity index (χ4v) is 7.26. The summed E-state index contributed by atoms with van der Waals surface area (Å²) in [6.07, 6.45) is 2.59. The molecule has 1 aliphatic carbocycles. The van der Waals surface area contributed by atoms with E-state index in [1.54, 1.807) is 37.3 Å². The van der Waals surface area contributed by atoms with E-state index in [1.807, 2.05) is 37.5 Å². The molecule has 13 nitrogen and oxygen atoms in total. The van der Waals surface area contributed by atoms with E-state index in [0.717, 1.165) is 54.1 Å². The third-order valence-electron chi connectivity index (χ3n) is 9.24. The fourth-order valence-electron chi connectivity index (χ4n) is 6.46. The van der Waals surface area contributed by atoms with Crippen LogP contribution < -0.4 is 24.8 Å². The van der Waals surface area contributed by atoms with Gasteiger partial charge in [-0.25, -0.2) is 13.2 Å². The minimum Gasteiger partial charge on any atom is -0.507 e. The number of aromatic hydroxyl groups is 1. The Bertz CT molecular complexity index is 2060. The molecule has 0 saturated heterocycles. The number of methoxy groups -OCH3 is 1. The Balaban J connectivity index is 1.11. The Morgan fingerprint density at radius 3 is 2.49 bits per heavy atom. The van der Waals surface area contributed by atoms with Crippen LogP contribution >= 0.6 is 11.6 Å². The molecule has 0 radical (unpaired) electrons. The number of phenols is 1. The van der Waals surface area contributed by atoms with E-state index < -0.39 is 16.1 Å². The number of aromatic nitrogens is 3. The number of carbonyl (C=O) groups is 1. The normalized spacial score (nSPS) is 14.5. The average molecular weight is 738 g/mol. The Labute approximate surface area is 303 Å². The van der Waals surface area contributed by atoms with Crippen LogP contribution in [-0.4, -0.2) is 71.8 Å². The standard InChI is InChI=1S/C36H44ClN7O6S/c1-6-51(47,48)42-29-19-22(36(2,3)4)18-28(33(29)49-5)39-35(46)38-27-11-13-31(25-9-7-8-24(25)27)50-17-16-43-14-15-44-32(21-43)40-41-34(44)26-20-23(37)10-12-30(26)45/h10-13,18-20,42,45H,6-9,14-17,21H2,1-5H3,(H2,38,39,46). The molecule has 0 unspecified atom stereocenters. The van der Waals surface area contributed by atoms with Crippen molar-refractivity contribution in [3.8, 4) is 28.6 Å². The van der Waals surface area contributed by atoms with Crippen LogP contribution in [0.25, 0.3) is 11.4 Å². The van der Waals surface area contributed by atoms with Gasteiger partial charge in [0.05, 0.1) is 36.3 Å². The first kappa shape index (κ1) is 36.3. The number of halogens is 1. The predicted octanol–water partition coefficient (Wildman–Crippen LogP) is 6.40. The molecule has 15 heteroatoms. The number of rotatable bonds is 11. The molecule has 1 aliphatic heterocycles. The lowest BCUT2D eigenvalue weighted by Gasteiger charge is -2.27. The van der Waals surface area contributed by atoms with Gasteiger partial charge in [-0.15, -0.1) is 10.2 Å². The van der Waals surface area contributed by atoms with Crippen LogP contribution in [0.1, 0.15) is 56.6 Å². The number of urea groups is 1. The monoisotopic (exact) mass is 737 g/mol. The van der Waals surface area contributed by atoms with E-state index in [1.165, 1.54) is 7.11 Å². The van der Waals surface area contributed by atoms with Crippen molar-refractivity contribution in [2.45, 2.75) is 65.5 Å². The molecule has 0 saturated carbocycles. The first-order chi connectivity index (χ1) is 24.3. The molecule has 3 aromatic carbocycles. The van der Waals surface area contributed by atoms with Gasteiger partial charge in [-0.1, -0.05) is 32.4 Å². The van der Waals surface area contributed by atoms with Gasteiger partial charge in [0.1, 0.15) is 23.9 Å². The lowest BCUT2D eigenvalue weighted by atomic mass is 9.86. The number of phenolic OH excluding ortho intramolecular Hbond substituents is 1. The van der Waals surface area contributed by atoms with Crippen LogP contribution in [-0.2, 0) is 41.4 Å². The molecular formula is C36H44ClN7O6S. The zero-order valence-electron chi connectivity index (χ0n) is 29.5. The predicted molar refractivity (Wildman–Crippen MR) is 199 cm³/mol. The summed E-state index contributed by atoms with van der Waals surface area (Å²) in [6, 6.07) is 11.7. The summed E-state index contributed by atoms with van der Waals surface area (Å²) in [6.45, 7) is 10.8. The zero-order chi connectivity index (χ0) is 36.5. The smallest absolute Gasteiger partial charge is 0.323 e. The van der Waals surface area contributed by atoms with Crippen molar-refractivity contribution in [3.05, 3.63) is 70.0 Å². The van der Waals surface area contributed by atoms with Crippen LogP contribution in [0.2, 0.25) is 5.02 Å². The summed E-state index contributed by atoms with van der Waals surface area (Å²) in [5.41, 5.74) is 4.48. The number of ether oxygens (including phenoxy) is 2. The largest absolute Gasteiger partial charge is 0.507 e. The maximum absolute atomic E-state index is 13.4. The molecule has 2 amide bonds. The van der Waals surface area contributed by atoms with E-state index in [-0.39, 0.29) is 28.4 Å². The second-order valence-corrected chi connectivity index (χ2v) is 16.2. The second-order valence-electron chi connectivity index (χ2n) is 13.7. The number of nitrogens with zero attached hydrogens (tertiary/aromatic N) is 4. The number of carbonyl (C=O) groups excluding carboxylic acids is 1. The molecule has 2 heterocycles. The number of fused-ring (bicyclic) bond motifs is 2. The highest BCUT2D eigenvalue weighted by Crippen LogP contribution is 2.40. The van der Waals surface area contributed by atoms with Crippen molar-refractivity contribution in [2.24, 2.45) is 0 Å². The van der Waals surface area contributed by atoms with Gasteiger partial charge in [-0.05, 0) is 90.8 Å². The lowest BCUT2D eigenvalue weighted by molar-refractivity contribution is 0.174. The highest BCUT2D eigenvalue weighted by atomic mass is 35.5. The Kier molecular flexibility index (Phi) is 10.4. The van der Waals surface area contributed by atoms with Gasteiger partial charge in [0.2, 0.25) is 10.0 Å². The molecule has 272 valence electrons. The minimum absolute atomic E-state index is 0.106. The van der Waals surface area contributed by atoms with Crippen molar-refractivity contribution >= 4 is 44.7 Å². The third-order valence-corrected chi connectivity index (χ3v) is 10.8. The van der Waals surface area contributed by atoms with Gasteiger partial charge in [0.25, 0.3) is 0 Å². The van der Waals surface area contributed by atoms with Crippen LogP contribution in [0.5, 0.6) is 17.2 Å². The molecule has 6 rings (SSSR count). The van der Waals surface area contributed by atoms with Gasteiger partial charge in [0.15, 0.2) is 11.6 Å². The van der Waals surface area contributed by atoms with Crippen molar-refractivity contribution in [3.63, 3.8) is 0 Å². The summed E-state index contributed by atoms with van der Waals surface area (Å²) < 4.78 is 41.4. The van der Waals surface area contributed by atoms with Gasteiger partial charge < -0.3 is 29.8 Å². The van der Waals surface area contributed by atoms with Crippen molar-refractivity contribution < 1.29 is 27.8 Å². The van der Waals surface area contributed by atoms with E-state index in [2.05, 4.69) is 30.5 Å². The van der Waals surface area contributed by atoms with E-state index >= 15 is 0 Å². The summed E-state index contributed by atoms with van der Waals surface area (Å²) >= 11 is 6.16. The highest BCUT2D eigenvalue weighted by molar-refractivity contribution is 7.92. The number of sulfonamides is 1. The lowest BCUT2D eigenvalue weighted by Crippen LogP contribution is -2.36. The number of hydrogen-bond donors (Lipinski definition) is 4. The number of hydrogen-bond acceptors (Lipinski definition) is 9. The van der Waals surface area contributed by atoms with Crippen LogP contribution in [0.4, 0.5) is 21.9 Å². The molecule has 0 atom stereocenters. The van der Waals surface area contributed by atoms with Crippen LogP contribution in [0.15, 0.2) is 42.5 Å². The Morgan fingerprint density at radius 1 is 1.00 bits per heavy atom. The first-order valence-electron chi connectivity index (χ1n) is 17.0. The maximum Gasteiger partial charge on any atom is 0.323 e. The Hall–Kier alpha value is -4.53. The molecule has 0 fully saturated rings. The molecular weight excluding hydrogens is 694 g/mol. The maximum atomic E-state index is 13.4. The fraction of sp³-hybridized carbons (Fsp3) is 0.417. The Morgan fingerprint density at radius 2 is 1.75 bits per heavy atom. The zero-order valence-corrected chi connectivity index (χ0v) is 31.0. The summed E-state index contributed by atoms with van der Waals surface area (Å²) in [5, 5.41) is 25.5. The summed E-state index contributed by atoms with van der Waals surface area (Å²) in [4.78, 5) is 15.7. The highest BCUT2D eigenvalue weighted by Gasteiger charge is 2.26. The molecule has 4 N–H and O–H groups in total. The van der Waals surface area contributed by atoms with E-state index in [9.17, 15) is 18.3 Å². The number of amides is 2.